The van der Waals surface area contributed by atoms with Gasteiger partial charge >= 0.3 is 0 Å². The Balaban J connectivity index is 1.58. The number of nitrogens with zero attached hydrogens (tertiary/aromatic N) is 6. The van der Waals surface area contributed by atoms with Crippen molar-refractivity contribution in [1.82, 2.24) is 24.6 Å². The number of ether oxygens (including phenoxy) is 1. The number of amides is 1. The standard InChI is InChI=1S/C24H30N6O2/c1-4-20(31)28-12-5-13-29(15-14-28)23-21-16(2)27-30(18-8-10-19(32-3)11-9-18)24(21)26-22(25-23)17-6-7-17/h8-11,17H,4-7,12-15H2,1-3H3. The molecule has 3 heterocycles. The Labute approximate surface area is 188 Å². The van der Waals surface area contributed by atoms with Crippen LogP contribution in [0.25, 0.3) is 16.7 Å². The van der Waals surface area contributed by atoms with Crippen molar-refractivity contribution in [3.05, 3.63) is 35.8 Å². The van der Waals surface area contributed by atoms with Crippen molar-refractivity contribution in [2.45, 2.75) is 45.4 Å². The monoisotopic (exact) mass is 434 g/mol. The minimum absolute atomic E-state index is 0.224. The van der Waals surface area contributed by atoms with Gasteiger partial charge in [-0.25, -0.2) is 14.6 Å². The fraction of sp³-hybridized carbons (Fsp3) is 0.500. The number of hydrogen-bond donors (Lipinski definition) is 0. The highest BCUT2D eigenvalue weighted by Gasteiger charge is 2.31. The van der Waals surface area contributed by atoms with E-state index in [1.165, 1.54) is 0 Å². The summed E-state index contributed by atoms with van der Waals surface area (Å²) in [5.74, 6) is 3.34. The van der Waals surface area contributed by atoms with Crippen LogP contribution in [0.5, 0.6) is 5.75 Å². The van der Waals surface area contributed by atoms with Crippen LogP contribution in [0, 0.1) is 6.92 Å². The molecule has 168 valence electrons. The maximum Gasteiger partial charge on any atom is 0.222 e. The summed E-state index contributed by atoms with van der Waals surface area (Å²) in [6.45, 7) is 7.13. The molecule has 2 aliphatic rings. The van der Waals surface area contributed by atoms with E-state index in [1.807, 2.05) is 47.7 Å². The molecule has 32 heavy (non-hydrogen) atoms. The summed E-state index contributed by atoms with van der Waals surface area (Å²) < 4.78 is 7.23. The highest BCUT2D eigenvalue weighted by Crippen LogP contribution is 2.40. The molecule has 8 nitrogen and oxygen atoms in total. The molecule has 1 aliphatic heterocycles. The van der Waals surface area contributed by atoms with Crippen LogP contribution in [-0.2, 0) is 4.79 Å². The zero-order valence-corrected chi connectivity index (χ0v) is 19.0. The fourth-order valence-corrected chi connectivity index (χ4v) is 4.44. The Bertz CT molecular complexity index is 1140. The fourth-order valence-electron chi connectivity index (χ4n) is 4.44. The van der Waals surface area contributed by atoms with Gasteiger partial charge in [-0.2, -0.15) is 5.10 Å². The highest BCUT2D eigenvalue weighted by atomic mass is 16.5. The quantitative estimate of drug-likeness (QED) is 0.612. The van der Waals surface area contributed by atoms with Crippen molar-refractivity contribution < 1.29 is 9.53 Å². The number of carbonyl (C=O) groups is 1. The summed E-state index contributed by atoms with van der Waals surface area (Å²) in [4.78, 5) is 26.6. The van der Waals surface area contributed by atoms with Gasteiger partial charge in [0.05, 0.1) is 23.9 Å². The predicted molar refractivity (Wildman–Crippen MR) is 124 cm³/mol. The summed E-state index contributed by atoms with van der Waals surface area (Å²) in [6, 6.07) is 7.89. The van der Waals surface area contributed by atoms with Crippen molar-refractivity contribution >= 4 is 22.8 Å². The molecule has 1 aromatic carbocycles. The first-order valence-electron chi connectivity index (χ1n) is 11.5. The van der Waals surface area contributed by atoms with Crippen molar-refractivity contribution in [1.29, 1.82) is 0 Å². The third-order valence-electron chi connectivity index (χ3n) is 6.41. The average molecular weight is 435 g/mol. The Morgan fingerprint density at radius 3 is 2.56 bits per heavy atom. The molecule has 1 amide bonds. The van der Waals surface area contributed by atoms with Crippen molar-refractivity contribution in [3.8, 4) is 11.4 Å². The average Bonchev–Trinajstić information content (AvgIpc) is 3.65. The Morgan fingerprint density at radius 2 is 1.88 bits per heavy atom. The lowest BCUT2D eigenvalue weighted by molar-refractivity contribution is -0.130. The number of aromatic nitrogens is 4. The first kappa shape index (κ1) is 20.7. The van der Waals surface area contributed by atoms with E-state index in [2.05, 4.69) is 4.90 Å². The summed E-state index contributed by atoms with van der Waals surface area (Å²) in [5.41, 5.74) is 2.72. The molecule has 1 saturated heterocycles. The van der Waals surface area contributed by atoms with E-state index >= 15 is 0 Å². The van der Waals surface area contributed by atoms with Crippen LogP contribution in [-0.4, -0.2) is 63.8 Å². The third kappa shape index (κ3) is 3.78. The number of carbonyl (C=O) groups excluding carboxylic acids is 1. The largest absolute Gasteiger partial charge is 0.497 e. The number of anilines is 1. The van der Waals surface area contributed by atoms with Gasteiger partial charge in [0, 0.05) is 38.5 Å². The molecule has 0 atom stereocenters. The molecule has 0 N–H and O–H groups in total. The van der Waals surface area contributed by atoms with Gasteiger partial charge in [-0.05, 0) is 50.5 Å². The van der Waals surface area contributed by atoms with E-state index in [1.54, 1.807) is 7.11 Å². The minimum Gasteiger partial charge on any atom is -0.497 e. The maximum atomic E-state index is 12.2. The molecule has 1 aliphatic carbocycles. The SMILES string of the molecule is CCC(=O)N1CCCN(c2nc(C3CC3)nc3c2c(C)nn3-c2ccc(OC)cc2)CC1. The predicted octanol–water partition coefficient (Wildman–Crippen LogP) is 3.46. The molecule has 1 saturated carbocycles. The van der Waals surface area contributed by atoms with Crippen LogP contribution in [0.3, 0.4) is 0 Å². The smallest absolute Gasteiger partial charge is 0.222 e. The minimum atomic E-state index is 0.224. The normalized spacial score (nSPS) is 17.0. The van der Waals surface area contributed by atoms with Gasteiger partial charge in [0.2, 0.25) is 5.91 Å². The number of fused-ring (bicyclic) bond motifs is 1. The van der Waals surface area contributed by atoms with E-state index in [9.17, 15) is 4.79 Å². The van der Waals surface area contributed by atoms with Crippen LogP contribution < -0.4 is 9.64 Å². The number of methoxy groups -OCH3 is 1. The van der Waals surface area contributed by atoms with Crippen LogP contribution in [0.4, 0.5) is 5.82 Å². The number of hydrogen-bond acceptors (Lipinski definition) is 6. The second-order valence-corrected chi connectivity index (χ2v) is 8.65. The summed E-state index contributed by atoms with van der Waals surface area (Å²) in [6.07, 6.45) is 3.76. The molecule has 5 rings (SSSR count). The van der Waals surface area contributed by atoms with Gasteiger partial charge in [-0.3, -0.25) is 4.79 Å². The summed E-state index contributed by atoms with van der Waals surface area (Å²) in [5, 5.41) is 5.85. The molecule has 0 spiro atoms. The van der Waals surface area contributed by atoms with E-state index in [-0.39, 0.29) is 5.91 Å². The second-order valence-electron chi connectivity index (χ2n) is 8.65. The lowest BCUT2D eigenvalue weighted by Gasteiger charge is -2.24. The topological polar surface area (TPSA) is 76.4 Å². The summed E-state index contributed by atoms with van der Waals surface area (Å²) >= 11 is 0. The van der Waals surface area contributed by atoms with Gasteiger partial charge < -0.3 is 14.5 Å². The molecular weight excluding hydrogens is 404 g/mol. The molecule has 3 aromatic rings. The van der Waals surface area contributed by atoms with Crippen molar-refractivity contribution in [2.75, 3.05) is 38.2 Å². The lowest BCUT2D eigenvalue weighted by Crippen LogP contribution is -2.35. The molecular formula is C24H30N6O2. The number of aryl methyl sites for hydroxylation is 1. The first-order chi connectivity index (χ1) is 15.6. The van der Waals surface area contributed by atoms with Crippen LogP contribution in [0.2, 0.25) is 0 Å². The number of rotatable bonds is 5. The zero-order chi connectivity index (χ0) is 22.2. The molecule has 0 radical (unpaired) electrons. The van der Waals surface area contributed by atoms with Crippen LogP contribution >= 0.6 is 0 Å². The Hall–Kier alpha value is -3.16. The maximum absolute atomic E-state index is 12.2. The number of benzene rings is 1. The van der Waals surface area contributed by atoms with Crippen molar-refractivity contribution in [3.63, 3.8) is 0 Å². The summed E-state index contributed by atoms with van der Waals surface area (Å²) in [7, 11) is 1.67. The van der Waals surface area contributed by atoms with Crippen molar-refractivity contribution in [2.24, 2.45) is 0 Å². The van der Waals surface area contributed by atoms with E-state index in [0.29, 0.717) is 12.3 Å². The lowest BCUT2D eigenvalue weighted by atomic mass is 10.2. The Kier molecular flexibility index (Phi) is 5.45. The molecule has 0 unspecified atom stereocenters. The Morgan fingerprint density at radius 1 is 1.09 bits per heavy atom. The van der Waals surface area contributed by atoms with Gasteiger partial charge in [0.25, 0.3) is 0 Å². The van der Waals surface area contributed by atoms with E-state index < -0.39 is 0 Å². The molecule has 0 bridgehead atoms. The third-order valence-corrected chi connectivity index (χ3v) is 6.41. The van der Waals surface area contributed by atoms with Gasteiger partial charge in [-0.1, -0.05) is 6.92 Å². The molecule has 2 aromatic heterocycles. The second kappa shape index (κ2) is 8.41. The molecule has 2 fully saturated rings. The van der Waals surface area contributed by atoms with E-state index in [0.717, 1.165) is 85.2 Å². The zero-order valence-electron chi connectivity index (χ0n) is 19.0. The van der Waals surface area contributed by atoms with Gasteiger partial charge in [0.15, 0.2) is 5.65 Å². The molecule has 8 heteroatoms. The first-order valence-corrected chi connectivity index (χ1v) is 11.5. The van der Waals surface area contributed by atoms with Crippen LogP contribution in [0.1, 0.15) is 50.0 Å². The van der Waals surface area contributed by atoms with E-state index in [4.69, 9.17) is 19.8 Å². The highest BCUT2D eigenvalue weighted by molar-refractivity contribution is 5.91. The van der Waals surface area contributed by atoms with Crippen LogP contribution in [0.15, 0.2) is 24.3 Å². The van der Waals surface area contributed by atoms with Gasteiger partial charge in [0.1, 0.15) is 17.4 Å². The van der Waals surface area contributed by atoms with Gasteiger partial charge in [-0.15, -0.1) is 0 Å².